The van der Waals surface area contributed by atoms with E-state index in [-0.39, 0.29) is 18.9 Å². The van der Waals surface area contributed by atoms with Gasteiger partial charge in [0.15, 0.2) is 0 Å². The molecule has 0 N–H and O–H groups in total. The van der Waals surface area contributed by atoms with E-state index >= 15 is 0 Å². The second-order valence-electron chi connectivity index (χ2n) is 4.13. The first-order chi connectivity index (χ1) is 5.08. The fourth-order valence-electron chi connectivity index (χ4n) is 1.11. The summed E-state index contributed by atoms with van der Waals surface area (Å²) in [5.41, 5.74) is 1.68. The van der Waals surface area contributed by atoms with Gasteiger partial charge in [0.05, 0.1) is 0 Å². The van der Waals surface area contributed by atoms with E-state index in [9.17, 15) is 0 Å². The largest absolute Gasteiger partial charge is 1.00 e. The van der Waals surface area contributed by atoms with Gasteiger partial charge in [-0.25, -0.2) is 0 Å². The molecular weight excluding hydrogens is 139 g/mol. The van der Waals surface area contributed by atoms with Crippen molar-refractivity contribution in [1.82, 2.24) is 0 Å². The molecule has 0 amide bonds. The molecule has 1 aromatic carbocycles. The maximum Gasteiger partial charge on any atom is 1.00 e. The molecule has 0 radical (unpaired) electrons. The van der Waals surface area contributed by atoms with Crippen LogP contribution in [0.4, 0.5) is 0 Å². The molecule has 0 aliphatic rings. The van der Waals surface area contributed by atoms with Gasteiger partial charge >= 0.3 is 18.9 Å². The SMILES string of the molecule is CC(C)(C)Cc1[c-]cccc1.[Li+]. The van der Waals surface area contributed by atoms with Crippen molar-refractivity contribution in [3.05, 3.63) is 35.9 Å². The van der Waals surface area contributed by atoms with Crippen LogP contribution in [0.3, 0.4) is 0 Å². The summed E-state index contributed by atoms with van der Waals surface area (Å²) in [6.45, 7) is 6.73. The van der Waals surface area contributed by atoms with Crippen LogP contribution in [0, 0.1) is 11.5 Å². The molecule has 60 valence electrons. The van der Waals surface area contributed by atoms with Gasteiger partial charge in [-0.2, -0.15) is 35.9 Å². The topological polar surface area (TPSA) is 0 Å². The zero-order valence-electron chi connectivity index (χ0n) is 8.52. The molecule has 0 aliphatic heterocycles. The smallest absolute Gasteiger partial charge is 0.180 e. The summed E-state index contributed by atoms with van der Waals surface area (Å²) in [4.78, 5) is 0. The third-order valence-electron chi connectivity index (χ3n) is 1.49. The van der Waals surface area contributed by atoms with E-state index in [0.717, 1.165) is 6.42 Å². The van der Waals surface area contributed by atoms with Crippen molar-refractivity contribution >= 4 is 0 Å². The molecule has 0 saturated heterocycles. The number of rotatable bonds is 1. The minimum Gasteiger partial charge on any atom is -0.180 e. The molecule has 0 heterocycles. The molecule has 0 unspecified atom stereocenters. The van der Waals surface area contributed by atoms with Crippen LogP contribution in [0.25, 0.3) is 0 Å². The second-order valence-corrected chi connectivity index (χ2v) is 4.13. The van der Waals surface area contributed by atoms with Crippen molar-refractivity contribution in [1.29, 1.82) is 0 Å². The summed E-state index contributed by atoms with van der Waals surface area (Å²) in [5, 5.41) is 0. The van der Waals surface area contributed by atoms with E-state index in [2.05, 4.69) is 39.0 Å². The van der Waals surface area contributed by atoms with Crippen LogP contribution in [-0.4, -0.2) is 0 Å². The van der Waals surface area contributed by atoms with Gasteiger partial charge < -0.3 is 0 Å². The summed E-state index contributed by atoms with van der Waals surface area (Å²) in [6, 6.07) is 11.4. The molecule has 0 atom stereocenters. The molecule has 0 saturated carbocycles. The summed E-state index contributed by atoms with van der Waals surface area (Å²) < 4.78 is 0. The summed E-state index contributed by atoms with van der Waals surface area (Å²) in [6.07, 6.45) is 1.10. The first-order valence-corrected chi connectivity index (χ1v) is 4.03. The van der Waals surface area contributed by atoms with E-state index in [1.54, 1.807) is 0 Å². The standard InChI is InChI=1S/C11H15.Li/c1-11(2,3)9-10-7-5-4-6-8-10;/h4-7H,9H2,1-3H3;/q-1;+1. The predicted molar refractivity (Wildman–Crippen MR) is 48.4 cm³/mol. The Hall–Kier alpha value is -0.183. The molecule has 1 aromatic rings. The van der Waals surface area contributed by atoms with Gasteiger partial charge in [0.2, 0.25) is 0 Å². The minimum atomic E-state index is 0. The van der Waals surface area contributed by atoms with Gasteiger partial charge in [0.25, 0.3) is 0 Å². The van der Waals surface area contributed by atoms with E-state index in [4.69, 9.17) is 0 Å². The van der Waals surface area contributed by atoms with Crippen LogP contribution in [0.15, 0.2) is 24.3 Å². The van der Waals surface area contributed by atoms with Crippen LogP contribution < -0.4 is 18.9 Å². The van der Waals surface area contributed by atoms with Crippen LogP contribution >= 0.6 is 0 Å². The molecule has 12 heavy (non-hydrogen) atoms. The molecule has 0 aliphatic carbocycles. The Labute approximate surface area is 87.6 Å². The van der Waals surface area contributed by atoms with Crippen molar-refractivity contribution in [3.63, 3.8) is 0 Å². The van der Waals surface area contributed by atoms with E-state index in [1.807, 2.05) is 12.1 Å². The molecule has 0 spiro atoms. The molecule has 0 fully saturated rings. The molecule has 0 bridgehead atoms. The Bertz CT molecular complexity index is 208. The van der Waals surface area contributed by atoms with Gasteiger partial charge in [-0.1, -0.05) is 20.8 Å². The number of hydrogen-bond donors (Lipinski definition) is 0. The van der Waals surface area contributed by atoms with Gasteiger partial charge in [0.1, 0.15) is 0 Å². The molecule has 1 rings (SSSR count). The Morgan fingerprint density at radius 1 is 1.25 bits per heavy atom. The van der Waals surface area contributed by atoms with Crippen molar-refractivity contribution in [3.8, 4) is 0 Å². The molecular formula is C11H15Li. The summed E-state index contributed by atoms with van der Waals surface area (Å²) in [5.74, 6) is 0. The summed E-state index contributed by atoms with van der Waals surface area (Å²) in [7, 11) is 0. The zero-order valence-corrected chi connectivity index (χ0v) is 8.52. The predicted octanol–water partition coefficient (Wildman–Crippen LogP) is 0.0794. The second kappa shape index (κ2) is 4.75. The first-order valence-electron chi connectivity index (χ1n) is 4.03. The van der Waals surface area contributed by atoms with Gasteiger partial charge in [-0.05, 0) is 11.8 Å². The van der Waals surface area contributed by atoms with Crippen LogP contribution in [-0.2, 0) is 6.42 Å². The fourth-order valence-corrected chi connectivity index (χ4v) is 1.11. The van der Waals surface area contributed by atoms with Crippen molar-refractivity contribution in [2.75, 3.05) is 0 Å². The van der Waals surface area contributed by atoms with Gasteiger partial charge in [-0.15, -0.1) is 0 Å². The van der Waals surface area contributed by atoms with Crippen LogP contribution in [0.1, 0.15) is 26.3 Å². The minimum absolute atomic E-state index is 0. The van der Waals surface area contributed by atoms with E-state index in [0.29, 0.717) is 5.41 Å². The monoisotopic (exact) mass is 154 g/mol. The molecule has 0 aromatic heterocycles. The Morgan fingerprint density at radius 3 is 2.33 bits per heavy atom. The third kappa shape index (κ3) is 4.65. The Balaban J connectivity index is 0.00000121. The zero-order chi connectivity index (χ0) is 8.32. The van der Waals surface area contributed by atoms with E-state index < -0.39 is 0 Å². The van der Waals surface area contributed by atoms with E-state index in [1.165, 1.54) is 5.56 Å². The quantitative estimate of drug-likeness (QED) is 0.397. The average Bonchev–Trinajstić information content (AvgIpc) is 1.85. The molecule has 0 nitrogen and oxygen atoms in total. The van der Waals surface area contributed by atoms with Crippen LogP contribution in [0.5, 0.6) is 0 Å². The number of benzene rings is 1. The third-order valence-corrected chi connectivity index (χ3v) is 1.49. The van der Waals surface area contributed by atoms with Crippen molar-refractivity contribution < 1.29 is 18.9 Å². The first kappa shape index (κ1) is 11.8. The maximum atomic E-state index is 3.22. The molecule has 1 heteroatoms. The summed E-state index contributed by atoms with van der Waals surface area (Å²) >= 11 is 0. The maximum absolute atomic E-state index is 3.22. The Kier molecular flexibility index (Phi) is 4.68. The Morgan fingerprint density at radius 2 is 1.92 bits per heavy atom. The average molecular weight is 154 g/mol. The normalized spacial score (nSPS) is 10.6. The van der Waals surface area contributed by atoms with Gasteiger partial charge in [-0.3, -0.25) is 0 Å². The van der Waals surface area contributed by atoms with Crippen molar-refractivity contribution in [2.45, 2.75) is 27.2 Å². The van der Waals surface area contributed by atoms with Crippen molar-refractivity contribution in [2.24, 2.45) is 5.41 Å². The fraction of sp³-hybridized carbons (Fsp3) is 0.455. The number of hydrogen-bond acceptors (Lipinski definition) is 0. The van der Waals surface area contributed by atoms with Crippen LogP contribution in [0.2, 0.25) is 0 Å². The van der Waals surface area contributed by atoms with Gasteiger partial charge in [0, 0.05) is 0 Å².